The first-order valence-electron chi connectivity index (χ1n) is 11.3. The molecule has 1 aliphatic heterocycles. The lowest BCUT2D eigenvalue weighted by Crippen LogP contribution is -2.21. The summed E-state index contributed by atoms with van der Waals surface area (Å²) in [6.45, 7) is 3.01. The van der Waals surface area contributed by atoms with Crippen LogP contribution in [-0.2, 0) is 6.61 Å². The second-order valence-electron chi connectivity index (χ2n) is 8.04. The number of hydrogen-bond acceptors (Lipinski definition) is 6. The summed E-state index contributed by atoms with van der Waals surface area (Å²) in [5.74, 6) is 1.50. The molecule has 174 valence electrons. The number of nitrogens with zero attached hydrogens (tertiary/aromatic N) is 2. The SMILES string of the molecule is CCOc1ccc(-c2[nH]nc3c2C(c2ccc(OCc4ccccc4)cc2)C(C#N)=C(N)O3)cc1. The maximum atomic E-state index is 9.94. The molecule has 4 aromatic rings. The summed E-state index contributed by atoms with van der Waals surface area (Å²) in [5, 5.41) is 17.3. The van der Waals surface area contributed by atoms with Gasteiger partial charge in [-0.25, -0.2) is 0 Å². The maximum Gasteiger partial charge on any atom is 0.244 e. The van der Waals surface area contributed by atoms with Crippen LogP contribution in [0.4, 0.5) is 0 Å². The molecule has 3 aromatic carbocycles. The van der Waals surface area contributed by atoms with Crippen molar-refractivity contribution >= 4 is 0 Å². The minimum absolute atomic E-state index is 0.0548. The fourth-order valence-electron chi connectivity index (χ4n) is 4.18. The molecule has 7 heteroatoms. The molecule has 35 heavy (non-hydrogen) atoms. The highest BCUT2D eigenvalue weighted by Gasteiger charge is 2.35. The number of nitrogens with one attached hydrogen (secondary N) is 1. The molecule has 3 N–H and O–H groups in total. The smallest absolute Gasteiger partial charge is 0.244 e. The highest BCUT2D eigenvalue weighted by atomic mass is 16.5. The van der Waals surface area contributed by atoms with Gasteiger partial charge in [-0.15, -0.1) is 5.10 Å². The average Bonchev–Trinajstić information content (AvgIpc) is 3.31. The molecule has 1 aromatic heterocycles. The summed E-state index contributed by atoms with van der Waals surface area (Å²) in [7, 11) is 0. The van der Waals surface area contributed by atoms with E-state index in [4.69, 9.17) is 19.9 Å². The Hall–Kier alpha value is -4.70. The van der Waals surface area contributed by atoms with Crippen LogP contribution in [0.1, 0.15) is 29.5 Å². The van der Waals surface area contributed by atoms with Crippen LogP contribution in [0, 0.1) is 11.3 Å². The molecule has 0 aliphatic carbocycles. The number of H-pyrrole nitrogens is 1. The van der Waals surface area contributed by atoms with Crippen molar-refractivity contribution in [1.82, 2.24) is 10.2 Å². The van der Waals surface area contributed by atoms with E-state index in [1.54, 1.807) is 0 Å². The van der Waals surface area contributed by atoms with Crippen LogP contribution < -0.4 is 19.9 Å². The van der Waals surface area contributed by atoms with Crippen LogP contribution in [0.2, 0.25) is 0 Å². The molecule has 1 atom stereocenters. The summed E-state index contributed by atoms with van der Waals surface area (Å²) < 4.78 is 17.2. The van der Waals surface area contributed by atoms with Gasteiger partial charge in [-0.1, -0.05) is 42.5 Å². The molecule has 0 fully saturated rings. The van der Waals surface area contributed by atoms with Crippen LogP contribution in [0.15, 0.2) is 90.3 Å². The van der Waals surface area contributed by atoms with Crippen molar-refractivity contribution in [2.24, 2.45) is 5.73 Å². The largest absolute Gasteiger partial charge is 0.494 e. The Morgan fingerprint density at radius 3 is 2.34 bits per heavy atom. The van der Waals surface area contributed by atoms with Crippen molar-refractivity contribution in [2.45, 2.75) is 19.4 Å². The zero-order valence-electron chi connectivity index (χ0n) is 19.2. The first-order valence-corrected chi connectivity index (χ1v) is 11.3. The van der Waals surface area contributed by atoms with E-state index in [0.717, 1.165) is 39.4 Å². The molecule has 5 rings (SSSR count). The summed E-state index contributed by atoms with van der Waals surface area (Å²) in [4.78, 5) is 0. The topological polar surface area (TPSA) is 106 Å². The van der Waals surface area contributed by atoms with E-state index < -0.39 is 5.92 Å². The second kappa shape index (κ2) is 9.65. The van der Waals surface area contributed by atoms with E-state index in [0.29, 0.717) is 24.7 Å². The normalized spacial score (nSPS) is 14.6. The molecule has 0 amide bonds. The molecule has 1 unspecified atom stereocenters. The maximum absolute atomic E-state index is 9.94. The number of hydrogen-bond donors (Lipinski definition) is 2. The van der Waals surface area contributed by atoms with E-state index >= 15 is 0 Å². The van der Waals surface area contributed by atoms with Crippen molar-refractivity contribution in [3.63, 3.8) is 0 Å². The average molecular weight is 465 g/mol. The Morgan fingerprint density at radius 1 is 0.971 bits per heavy atom. The molecule has 0 saturated carbocycles. The van der Waals surface area contributed by atoms with Gasteiger partial charge in [-0.2, -0.15) is 5.26 Å². The number of rotatable bonds is 7. The van der Waals surface area contributed by atoms with Crippen LogP contribution >= 0.6 is 0 Å². The van der Waals surface area contributed by atoms with Gasteiger partial charge in [0.25, 0.3) is 0 Å². The van der Waals surface area contributed by atoms with E-state index in [1.165, 1.54) is 0 Å². The van der Waals surface area contributed by atoms with Gasteiger partial charge in [-0.05, 0) is 54.4 Å². The van der Waals surface area contributed by atoms with Crippen LogP contribution in [0.25, 0.3) is 11.3 Å². The van der Waals surface area contributed by atoms with Crippen LogP contribution in [0.3, 0.4) is 0 Å². The van der Waals surface area contributed by atoms with Gasteiger partial charge in [0.05, 0.1) is 23.8 Å². The number of aromatic nitrogens is 2. The van der Waals surface area contributed by atoms with Gasteiger partial charge >= 0.3 is 0 Å². The lowest BCUT2D eigenvalue weighted by atomic mass is 9.83. The molecule has 0 saturated heterocycles. The monoisotopic (exact) mass is 464 g/mol. The van der Waals surface area contributed by atoms with Gasteiger partial charge < -0.3 is 19.9 Å². The second-order valence-corrected chi connectivity index (χ2v) is 8.04. The number of ether oxygens (including phenoxy) is 3. The van der Waals surface area contributed by atoms with Gasteiger partial charge in [0, 0.05) is 5.56 Å². The number of allylic oxidation sites excluding steroid dienone is 1. The fourth-order valence-corrected chi connectivity index (χ4v) is 4.18. The predicted molar refractivity (Wildman–Crippen MR) is 132 cm³/mol. The van der Waals surface area contributed by atoms with Crippen molar-refractivity contribution in [3.8, 4) is 34.7 Å². The minimum Gasteiger partial charge on any atom is -0.494 e. The Balaban J connectivity index is 1.48. The highest BCUT2D eigenvalue weighted by molar-refractivity contribution is 5.71. The zero-order valence-corrected chi connectivity index (χ0v) is 19.2. The lowest BCUT2D eigenvalue weighted by Gasteiger charge is -2.24. The summed E-state index contributed by atoms with van der Waals surface area (Å²) in [5.41, 5.74) is 10.8. The van der Waals surface area contributed by atoms with Crippen molar-refractivity contribution in [1.29, 1.82) is 5.26 Å². The van der Waals surface area contributed by atoms with Gasteiger partial charge in [0.1, 0.15) is 29.7 Å². The number of nitriles is 1. The predicted octanol–water partition coefficient (Wildman–Crippen LogP) is 5.27. The Morgan fingerprint density at radius 2 is 1.66 bits per heavy atom. The number of fused-ring (bicyclic) bond motifs is 1. The Kier molecular flexibility index (Phi) is 6.10. The Labute approximate surface area is 203 Å². The van der Waals surface area contributed by atoms with Crippen LogP contribution in [0.5, 0.6) is 17.4 Å². The standard InChI is InChI=1S/C28H24N4O3/c1-2-33-21-14-10-20(11-15-21)26-25-24(23(16-29)27(30)35-28(25)32-31-26)19-8-12-22(13-9-19)34-17-18-6-4-3-5-7-18/h3-15,24H,2,17,30H2,1H3,(H,31,32). The zero-order chi connectivity index (χ0) is 24.2. The van der Waals surface area contributed by atoms with Gasteiger partial charge in [0.2, 0.25) is 11.8 Å². The number of nitrogens with two attached hydrogens (primary N) is 1. The van der Waals surface area contributed by atoms with Crippen LogP contribution in [-0.4, -0.2) is 16.8 Å². The number of benzene rings is 3. The highest BCUT2D eigenvalue weighted by Crippen LogP contribution is 2.46. The third kappa shape index (κ3) is 4.42. The molecular formula is C28H24N4O3. The van der Waals surface area contributed by atoms with Gasteiger partial charge in [-0.3, -0.25) is 5.10 Å². The fraction of sp³-hybridized carbons (Fsp3) is 0.143. The molecule has 7 nitrogen and oxygen atoms in total. The summed E-state index contributed by atoms with van der Waals surface area (Å²) >= 11 is 0. The lowest BCUT2D eigenvalue weighted by molar-refractivity contribution is 0.306. The van der Waals surface area contributed by atoms with Crippen molar-refractivity contribution < 1.29 is 14.2 Å². The first-order chi connectivity index (χ1) is 17.2. The first kappa shape index (κ1) is 22.1. The van der Waals surface area contributed by atoms with E-state index in [9.17, 15) is 5.26 Å². The molecule has 0 spiro atoms. The molecule has 0 bridgehead atoms. The van der Waals surface area contributed by atoms with Crippen molar-refractivity contribution in [3.05, 3.63) is 107 Å². The third-order valence-corrected chi connectivity index (χ3v) is 5.85. The molecular weight excluding hydrogens is 440 g/mol. The molecule has 1 aliphatic rings. The minimum atomic E-state index is -0.438. The molecule has 2 heterocycles. The summed E-state index contributed by atoms with van der Waals surface area (Å²) in [6.07, 6.45) is 0. The van der Waals surface area contributed by atoms with Gasteiger partial charge in [0.15, 0.2) is 0 Å². The van der Waals surface area contributed by atoms with E-state index in [1.807, 2.05) is 85.8 Å². The molecule has 0 radical (unpaired) electrons. The quantitative estimate of drug-likeness (QED) is 0.386. The summed E-state index contributed by atoms with van der Waals surface area (Å²) in [6, 6.07) is 27.6. The van der Waals surface area contributed by atoms with E-state index in [-0.39, 0.29) is 5.88 Å². The van der Waals surface area contributed by atoms with Crippen molar-refractivity contribution in [2.75, 3.05) is 6.61 Å². The number of aromatic amines is 1. The third-order valence-electron chi connectivity index (χ3n) is 5.85. The Bertz CT molecular complexity index is 1390. The van der Waals surface area contributed by atoms with E-state index in [2.05, 4.69) is 16.3 Å².